The van der Waals surface area contributed by atoms with Gasteiger partial charge in [0.15, 0.2) is 16.8 Å². The molecule has 0 amide bonds. The second kappa shape index (κ2) is 5.77. The molecule has 94 valence electrons. The third-order valence-corrected chi connectivity index (χ3v) is 3.18. The number of rotatable bonds is 3. The Bertz CT molecular complexity index is 563. The molecule has 0 aliphatic carbocycles. The highest BCUT2D eigenvalue weighted by Gasteiger charge is 2.10. The van der Waals surface area contributed by atoms with Crippen molar-refractivity contribution in [1.82, 2.24) is 15.0 Å². The third kappa shape index (κ3) is 3.28. The van der Waals surface area contributed by atoms with Crippen LogP contribution in [-0.4, -0.2) is 15.0 Å². The van der Waals surface area contributed by atoms with Gasteiger partial charge in [0.1, 0.15) is 0 Å². The zero-order chi connectivity index (χ0) is 13.1. The van der Waals surface area contributed by atoms with Crippen molar-refractivity contribution in [3.63, 3.8) is 0 Å². The van der Waals surface area contributed by atoms with Gasteiger partial charge in [-0.2, -0.15) is 15.0 Å². The number of aromatic nitrogens is 3. The van der Waals surface area contributed by atoms with E-state index in [9.17, 15) is 8.78 Å². The molecule has 0 atom stereocenters. The number of hydrogen-bond donors (Lipinski definition) is 0. The summed E-state index contributed by atoms with van der Waals surface area (Å²) in [5, 5.41) is 0.165. The Morgan fingerprint density at radius 3 is 2.39 bits per heavy atom. The Kier molecular flexibility index (Phi) is 4.31. The molecule has 0 bridgehead atoms. The predicted octanol–water partition coefficient (Wildman–Crippen LogP) is 3.75. The first kappa shape index (κ1) is 13.5. The lowest BCUT2D eigenvalue weighted by Gasteiger charge is -2.03. The molecule has 2 aromatic rings. The molecule has 0 aliphatic heterocycles. The summed E-state index contributed by atoms with van der Waals surface area (Å²) in [5.41, 5.74) is 0.215. The van der Waals surface area contributed by atoms with Gasteiger partial charge in [0.2, 0.25) is 10.6 Å². The lowest BCUT2D eigenvalue weighted by molar-refractivity contribution is 0.502. The quantitative estimate of drug-likeness (QED) is 0.810. The van der Waals surface area contributed by atoms with Crippen LogP contribution in [-0.2, 0) is 5.75 Å². The van der Waals surface area contributed by atoms with Gasteiger partial charge >= 0.3 is 0 Å². The summed E-state index contributed by atoms with van der Waals surface area (Å²) in [6.45, 7) is 0. The van der Waals surface area contributed by atoms with Gasteiger partial charge in [-0.3, -0.25) is 0 Å². The molecular weight excluding hydrogens is 303 g/mol. The summed E-state index contributed by atoms with van der Waals surface area (Å²) in [5.74, 6) is -1.60. The molecule has 0 N–H and O–H groups in total. The van der Waals surface area contributed by atoms with Crippen molar-refractivity contribution in [2.24, 2.45) is 0 Å². The van der Waals surface area contributed by atoms with Crippen LogP contribution >= 0.6 is 35.0 Å². The zero-order valence-corrected chi connectivity index (χ0v) is 11.0. The topological polar surface area (TPSA) is 38.7 Å². The maximum Gasteiger partial charge on any atom is 0.227 e. The minimum atomic E-state index is -0.889. The highest BCUT2D eigenvalue weighted by atomic mass is 35.5. The van der Waals surface area contributed by atoms with Crippen molar-refractivity contribution in [2.45, 2.75) is 10.9 Å². The lowest BCUT2D eigenvalue weighted by Crippen LogP contribution is -1.95. The van der Waals surface area contributed by atoms with E-state index in [1.165, 1.54) is 12.1 Å². The molecule has 0 unspecified atom stereocenters. The summed E-state index contributed by atoms with van der Waals surface area (Å²) in [7, 11) is 0. The molecule has 1 heterocycles. The van der Waals surface area contributed by atoms with E-state index in [2.05, 4.69) is 15.0 Å². The van der Waals surface area contributed by atoms with E-state index < -0.39 is 11.6 Å². The van der Waals surface area contributed by atoms with E-state index in [0.717, 1.165) is 17.8 Å². The molecule has 0 saturated heterocycles. The fourth-order valence-electron chi connectivity index (χ4n) is 1.18. The van der Waals surface area contributed by atoms with Gasteiger partial charge in [-0.05, 0) is 29.3 Å². The van der Waals surface area contributed by atoms with Crippen LogP contribution in [0.1, 0.15) is 5.56 Å². The van der Waals surface area contributed by atoms with Gasteiger partial charge in [0.05, 0.1) is 0 Å². The summed E-state index contributed by atoms with van der Waals surface area (Å²) in [6.07, 6.45) is 0. The van der Waals surface area contributed by atoms with Crippen LogP contribution in [0.15, 0.2) is 23.4 Å². The van der Waals surface area contributed by atoms with E-state index in [0.29, 0.717) is 0 Å². The summed E-state index contributed by atoms with van der Waals surface area (Å²) >= 11 is 12.3. The van der Waals surface area contributed by atoms with E-state index in [-0.39, 0.29) is 27.0 Å². The highest BCUT2D eigenvalue weighted by molar-refractivity contribution is 7.98. The van der Waals surface area contributed by atoms with Crippen molar-refractivity contribution in [3.8, 4) is 0 Å². The number of hydrogen-bond acceptors (Lipinski definition) is 4. The van der Waals surface area contributed by atoms with Crippen molar-refractivity contribution in [1.29, 1.82) is 0 Å². The minimum absolute atomic E-state index is 0.0442. The van der Waals surface area contributed by atoms with Gasteiger partial charge in [-0.1, -0.05) is 23.9 Å². The maximum absolute atomic E-state index is 13.4. The summed E-state index contributed by atoms with van der Waals surface area (Å²) in [6, 6.07) is 3.97. The summed E-state index contributed by atoms with van der Waals surface area (Å²) in [4.78, 5) is 11.2. The van der Waals surface area contributed by atoms with Crippen LogP contribution in [0, 0.1) is 11.6 Å². The van der Waals surface area contributed by atoms with Crippen LogP contribution in [0.25, 0.3) is 0 Å². The monoisotopic (exact) mass is 307 g/mol. The van der Waals surface area contributed by atoms with Crippen LogP contribution in [0.2, 0.25) is 10.6 Å². The first-order valence-electron chi connectivity index (χ1n) is 4.69. The minimum Gasteiger partial charge on any atom is -0.204 e. The van der Waals surface area contributed by atoms with Gasteiger partial charge in [0, 0.05) is 11.3 Å². The van der Waals surface area contributed by atoms with Crippen LogP contribution in [0.3, 0.4) is 0 Å². The summed E-state index contributed by atoms with van der Waals surface area (Å²) < 4.78 is 26.3. The van der Waals surface area contributed by atoms with Crippen molar-refractivity contribution >= 4 is 35.0 Å². The lowest BCUT2D eigenvalue weighted by atomic mass is 10.2. The molecule has 8 heteroatoms. The fraction of sp³-hybridized carbons (Fsp3) is 0.100. The first-order chi connectivity index (χ1) is 8.56. The van der Waals surface area contributed by atoms with Gasteiger partial charge < -0.3 is 0 Å². The Morgan fingerprint density at radius 2 is 1.72 bits per heavy atom. The molecule has 1 aromatic carbocycles. The molecule has 0 fully saturated rings. The molecule has 0 saturated carbocycles. The molecular formula is C10H5Cl2F2N3S. The van der Waals surface area contributed by atoms with Crippen LogP contribution in [0.4, 0.5) is 8.78 Å². The molecule has 0 aliphatic rings. The highest BCUT2D eigenvalue weighted by Crippen LogP contribution is 2.23. The molecule has 0 radical (unpaired) electrons. The van der Waals surface area contributed by atoms with Gasteiger partial charge in [-0.25, -0.2) is 8.78 Å². The molecule has 1 aromatic heterocycles. The Labute approximate surface area is 116 Å². The van der Waals surface area contributed by atoms with Crippen LogP contribution in [0.5, 0.6) is 0 Å². The standard InChI is InChI=1S/C10H5Cl2F2N3S/c11-8-15-9(12)17-10(16-8)18-4-5-2-1-3-6(13)7(5)14/h1-3H,4H2. The fourth-order valence-corrected chi connectivity index (χ4v) is 2.45. The van der Waals surface area contributed by atoms with Gasteiger partial charge in [0.25, 0.3) is 0 Å². The maximum atomic E-state index is 13.4. The second-order valence-electron chi connectivity index (χ2n) is 3.16. The first-order valence-corrected chi connectivity index (χ1v) is 6.43. The third-order valence-electron chi connectivity index (χ3n) is 1.95. The second-order valence-corrected chi connectivity index (χ2v) is 4.78. The Balaban J connectivity index is 2.14. The van der Waals surface area contributed by atoms with E-state index >= 15 is 0 Å². The molecule has 0 spiro atoms. The van der Waals surface area contributed by atoms with E-state index in [4.69, 9.17) is 23.2 Å². The van der Waals surface area contributed by atoms with Crippen molar-refractivity contribution < 1.29 is 8.78 Å². The van der Waals surface area contributed by atoms with Crippen molar-refractivity contribution in [3.05, 3.63) is 46.0 Å². The number of nitrogens with zero attached hydrogens (tertiary/aromatic N) is 3. The number of benzene rings is 1. The normalized spacial score (nSPS) is 10.7. The largest absolute Gasteiger partial charge is 0.227 e. The smallest absolute Gasteiger partial charge is 0.204 e. The Hall–Kier alpha value is -0.980. The molecule has 2 rings (SSSR count). The zero-order valence-electron chi connectivity index (χ0n) is 8.70. The van der Waals surface area contributed by atoms with Crippen LogP contribution < -0.4 is 0 Å². The molecule has 3 nitrogen and oxygen atoms in total. The number of halogens is 4. The number of thioether (sulfide) groups is 1. The SMILES string of the molecule is Fc1cccc(CSc2nc(Cl)nc(Cl)n2)c1F. The van der Waals surface area contributed by atoms with E-state index in [1.54, 1.807) is 0 Å². The van der Waals surface area contributed by atoms with Crippen molar-refractivity contribution in [2.75, 3.05) is 0 Å². The average Bonchev–Trinajstić information content (AvgIpc) is 2.30. The predicted molar refractivity (Wildman–Crippen MR) is 65.8 cm³/mol. The van der Waals surface area contributed by atoms with Gasteiger partial charge in [-0.15, -0.1) is 0 Å². The Morgan fingerprint density at radius 1 is 1.06 bits per heavy atom. The molecule has 18 heavy (non-hydrogen) atoms. The van der Waals surface area contributed by atoms with E-state index in [1.807, 2.05) is 0 Å². The average molecular weight is 308 g/mol.